The van der Waals surface area contributed by atoms with Crippen molar-refractivity contribution in [1.29, 1.82) is 0 Å². The number of fused-ring (bicyclic) bond motifs is 1. The van der Waals surface area contributed by atoms with E-state index in [4.69, 9.17) is 0 Å². The van der Waals surface area contributed by atoms with E-state index in [1.807, 2.05) is 0 Å². The SMILES string of the molecule is Cc1csc2c(N(CCBr)C3CC3)ncnc12. The van der Waals surface area contributed by atoms with E-state index in [0.717, 1.165) is 23.2 Å². The molecule has 2 heterocycles. The van der Waals surface area contributed by atoms with Gasteiger partial charge in [-0.15, -0.1) is 11.3 Å². The van der Waals surface area contributed by atoms with Crippen molar-refractivity contribution in [3.05, 3.63) is 17.3 Å². The van der Waals surface area contributed by atoms with Gasteiger partial charge in [-0.25, -0.2) is 9.97 Å². The summed E-state index contributed by atoms with van der Waals surface area (Å²) in [5.74, 6) is 1.12. The summed E-state index contributed by atoms with van der Waals surface area (Å²) in [4.78, 5) is 11.3. The van der Waals surface area contributed by atoms with Crippen LogP contribution in [-0.4, -0.2) is 27.9 Å². The Morgan fingerprint density at radius 3 is 3.00 bits per heavy atom. The van der Waals surface area contributed by atoms with Gasteiger partial charge in [0.15, 0.2) is 0 Å². The molecule has 3 rings (SSSR count). The molecular weight excluding hydrogens is 298 g/mol. The number of thiophene rings is 1. The lowest BCUT2D eigenvalue weighted by Gasteiger charge is -2.22. The normalized spacial score (nSPS) is 15.4. The Balaban J connectivity index is 2.08. The molecule has 5 heteroatoms. The largest absolute Gasteiger partial charge is 0.352 e. The van der Waals surface area contributed by atoms with Gasteiger partial charge in [0.2, 0.25) is 0 Å². The number of aryl methyl sites for hydroxylation is 1. The number of nitrogens with zero attached hydrogens (tertiary/aromatic N) is 3. The van der Waals surface area contributed by atoms with Crippen molar-refractivity contribution in [3.8, 4) is 0 Å². The quantitative estimate of drug-likeness (QED) is 0.811. The van der Waals surface area contributed by atoms with Crippen LogP contribution in [0.5, 0.6) is 0 Å². The predicted molar refractivity (Wildman–Crippen MR) is 76.3 cm³/mol. The second-order valence-corrected chi connectivity index (χ2v) is 6.08. The lowest BCUT2D eigenvalue weighted by Crippen LogP contribution is -2.28. The van der Waals surface area contributed by atoms with Crippen LogP contribution in [0.25, 0.3) is 10.2 Å². The molecule has 17 heavy (non-hydrogen) atoms. The third-order valence-corrected chi connectivity index (χ3v) is 4.53. The Kier molecular flexibility index (Phi) is 3.04. The Bertz CT molecular complexity index is 536. The summed E-state index contributed by atoms with van der Waals surface area (Å²) < 4.78 is 1.23. The highest BCUT2D eigenvalue weighted by Gasteiger charge is 2.30. The first-order valence-electron chi connectivity index (χ1n) is 5.82. The van der Waals surface area contributed by atoms with E-state index in [2.05, 4.69) is 43.1 Å². The van der Waals surface area contributed by atoms with Crippen LogP contribution in [0.1, 0.15) is 18.4 Å². The molecule has 0 atom stereocenters. The molecule has 1 aliphatic rings. The van der Waals surface area contributed by atoms with Crippen molar-refractivity contribution in [3.63, 3.8) is 0 Å². The minimum absolute atomic E-state index is 0.688. The van der Waals surface area contributed by atoms with Crippen molar-refractivity contribution in [2.75, 3.05) is 16.8 Å². The van der Waals surface area contributed by atoms with Crippen LogP contribution in [0.3, 0.4) is 0 Å². The highest BCUT2D eigenvalue weighted by molar-refractivity contribution is 9.09. The molecule has 0 spiro atoms. The highest BCUT2D eigenvalue weighted by Crippen LogP contribution is 2.36. The summed E-state index contributed by atoms with van der Waals surface area (Å²) in [5.41, 5.74) is 2.36. The fourth-order valence-electron chi connectivity index (χ4n) is 2.10. The van der Waals surface area contributed by atoms with Crippen molar-refractivity contribution in [2.45, 2.75) is 25.8 Å². The first-order valence-corrected chi connectivity index (χ1v) is 7.83. The highest BCUT2D eigenvalue weighted by atomic mass is 79.9. The fourth-order valence-corrected chi connectivity index (χ4v) is 3.49. The predicted octanol–water partition coefficient (Wildman–Crippen LogP) is 3.36. The first kappa shape index (κ1) is 11.4. The molecule has 2 aromatic heterocycles. The van der Waals surface area contributed by atoms with E-state index in [9.17, 15) is 0 Å². The minimum Gasteiger partial charge on any atom is -0.352 e. The summed E-state index contributed by atoms with van der Waals surface area (Å²) in [6.45, 7) is 3.13. The van der Waals surface area contributed by atoms with E-state index >= 15 is 0 Å². The third-order valence-electron chi connectivity index (χ3n) is 3.10. The molecule has 0 aliphatic heterocycles. The number of rotatable bonds is 4. The van der Waals surface area contributed by atoms with Crippen LogP contribution in [0.2, 0.25) is 0 Å². The Morgan fingerprint density at radius 2 is 2.29 bits per heavy atom. The molecule has 3 nitrogen and oxygen atoms in total. The number of anilines is 1. The van der Waals surface area contributed by atoms with Crippen LogP contribution < -0.4 is 4.90 Å². The fraction of sp³-hybridized carbons (Fsp3) is 0.500. The summed E-state index contributed by atoms with van der Waals surface area (Å²) in [6.07, 6.45) is 4.28. The Morgan fingerprint density at radius 1 is 1.47 bits per heavy atom. The maximum Gasteiger partial charge on any atom is 0.150 e. The zero-order chi connectivity index (χ0) is 11.8. The van der Waals surface area contributed by atoms with Crippen LogP contribution in [0, 0.1) is 6.92 Å². The molecule has 0 amide bonds. The first-order chi connectivity index (χ1) is 8.31. The molecule has 0 N–H and O–H groups in total. The molecule has 1 fully saturated rings. The summed E-state index contributed by atoms with van der Waals surface area (Å²) >= 11 is 5.29. The maximum absolute atomic E-state index is 4.50. The third kappa shape index (κ3) is 2.06. The number of alkyl halides is 1. The summed E-state index contributed by atoms with van der Waals surface area (Å²) in [6, 6.07) is 0.688. The topological polar surface area (TPSA) is 29.0 Å². The minimum atomic E-state index is 0.688. The zero-order valence-electron chi connectivity index (χ0n) is 9.69. The van der Waals surface area contributed by atoms with E-state index in [1.165, 1.54) is 23.1 Å². The van der Waals surface area contributed by atoms with Gasteiger partial charge >= 0.3 is 0 Å². The summed E-state index contributed by atoms with van der Waals surface area (Å²) in [5, 5.41) is 3.15. The van der Waals surface area contributed by atoms with Crippen LogP contribution >= 0.6 is 27.3 Å². The van der Waals surface area contributed by atoms with Crippen LogP contribution in [0.4, 0.5) is 5.82 Å². The lowest BCUT2D eigenvalue weighted by molar-refractivity contribution is 0.819. The number of halogens is 1. The zero-order valence-corrected chi connectivity index (χ0v) is 12.1. The van der Waals surface area contributed by atoms with Gasteiger partial charge in [0, 0.05) is 17.9 Å². The average Bonchev–Trinajstić information content (AvgIpc) is 3.11. The van der Waals surface area contributed by atoms with Gasteiger partial charge in [-0.3, -0.25) is 0 Å². The Hall–Kier alpha value is -0.680. The van der Waals surface area contributed by atoms with E-state index in [0.29, 0.717) is 6.04 Å². The van der Waals surface area contributed by atoms with Crippen molar-refractivity contribution >= 4 is 43.3 Å². The Labute approximate surface area is 113 Å². The molecule has 1 aliphatic carbocycles. The molecule has 0 aromatic carbocycles. The molecule has 0 radical (unpaired) electrons. The van der Waals surface area contributed by atoms with Gasteiger partial charge in [-0.2, -0.15) is 0 Å². The van der Waals surface area contributed by atoms with Crippen molar-refractivity contribution in [1.82, 2.24) is 9.97 Å². The van der Waals surface area contributed by atoms with Crippen LogP contribution in [-0.2, 0) is 0 Å². The molecular formula is C12H14BrN3S. The number of hydrogen-bond donors (Lipinski definition) is 0. The van der Waals surface area contributed by atoms with Gasteiger partial charge in [0.05, 0.1) is 10.2 Å². The molecule has 90 valence electrons. The lowest BCUT2D eigenvalue weighted by atomic mass is 10.3. The molecule has 0 bridgehead atoms. The number of hydrogen-bond acceptors (Lipinski definition) is 4. The van der Waals surface area contributed by atoms with E-state index < -0.39 is 0 Å². The smallest absolute Gasteiger partial charge is 0.150 e. The second kappa shape index (κ2) is 4.53. The molecule has 0 saturated heterocycles. The molecule has 1 saturated carbocycles. The standard InChI is InChI=1S/C12H14BrN3S/c1-8-6-17-11-10(8)14-7-15-12(11)16(5-4-13)9-2-3-9/h6-7,9H,2-5H2,1H3. The average molecular weight is 312 g/mol. The van der Waals surface area contributed by atoms with Gasteiger partial charge in [-0.05, 0) is 30.7 Å². The van der Waals surface area contributed by atoms with Crippen molar-refractivity contribution < 1.29 is 0 Å². The monoisotopic (exact) mass is 311 g/mol. The van der Waals surface area contributed by atoms with E-state index in [-0.39, 0.29) is 0 Å². The van der Waals surface area contributed by atoms with Gasteiger partial charge in [0.1, 0.15) is 12.1 Å². The van der Waals surface area contributed by atoms with Gasteiger partial charge in [-0.1, -0.05) is 15.9 Å². The molecule has 0 unspecified atom stereocenters. The van der Waals surface area contributed by atoms with E-state index in [1.54, 1.807) is 17.7 Å². The number of aromatic nitrogens is 2. The second-order valence-electron chi connectivity index (χ2n) is 4.41. The van der Waals surface area contributed by atoms with Crippen LogP contribution in [0.15, 0.2) is 11.7 Å². The molecule has 2 aromatic rings. The summed E-state index contributed by atoms with van der Waals surface area (Å²) in [7, 11) is 0. The van der Waals surface area contributed by atoms with Gasteiger partial charge < -0.3 is 4.90 Å². The maximum atomic E-state index is 4.50. The van der Waals surface area contributed by atoms with Crippen molar-refractivity contribution in [2.24, 2.45) is 0 Å². The van der Waals surface area contributed by atoms with Gasteiger partial charge in [0.25, 0.3) is 0 Å².